The minimum atomic E-state index is -0.772. The van der Waals surface area contributed by atoms with E-state index >= 15 is 0 Å². The number of hydrogen-bond donors (Lipinski definition) is 1. The van der Waals surface area contributed by atoms with Gasteiger partial charge in [-0.25, -0.2) is 14.8 Å². The number of aromatic nitrogens is 2. The van der Waals surface area contributed by atoms with Crippen molar-refractivity contribution in [2.45, 2.75) is 32.7 Å². The molecule has 1 N–H and O–H groups in total. The molecule has 0 radical (unpaired) electrons. The summed E-state index contributed by atoms with van der Waals surface area (Å²) in [4.78, 5) is 21.4. The van der Waals surface area contributed by atoms with Crippen molar-refractivity contribution >= 4 is 11.8 Å². The molecule has 1 atom stereocenters. The molecule has 1 aromatic rings. The second-order valence-corrected chi connectivity index (χ2v) is 4.10. The molecule has 5 heteroatoms. The Morgan fingerprint density at radius 1 is 1.50 bits per heavy atom. The minimum Gasteiger partial charge on any atom is -0.480 e. The fourth-order valence-corrected chi connectivity index (χ4v) is 2.14. The van der Waals surface area contributed by atoms with E-state index in [1.807, 2.05) is 24.8 Å². The highest BCUT2D eigenvalue weighted by Crippen LogP contribution is 2.24. The van der Waals surface area contributed by atoms with Crippen molar-refractivity contribution in [1.29, 1.82) is 0 Å². The number of carboxylic acid groups (broad SMARTS) is 1. The third-order valence-electron chi connectivity index (χ3n) is 2.78. The van der Waals surface area contributed by atoms with Gasteiger partial charge in [-0.1, -0.05) is 0 Å². The first-order valence-electron chi connectivity index (χ1n) is 5.39. The lowest BCUT2D eigenvalue weighted by molar-refractivity contribution is -0.138. The van der Waals surface area contributed by atoms with E-state index in [0.29, 0.717) is 12.2 Å². The Hall–Kier alpha value is -1.65. The van der Waals surface area contributed by atoms with Gasteiger partial charge in [0.15, 0.2) is 0 Å². The largest absolute Gasteiger partial charge is 0.480 e. The van der Waals surface area contributed by atoms with Crippen LogP contribution in [-0.2, 0) is 4.79 Å². The smallest absolute Gasteiger partial charge is 0.326 e. The molecule has 0 aromatic carbocycles. The summed E-state index contributed by atoms with van der Waals surface area (Å²) in [6.07, 6.45) is 1.59. The average molecular weight is 221 g/mol. The first kappa shape index (κ1) is 10.9. The van der Waals surface area contributed by atoms with Crippen LogP contribution in [-0.4, -0.2) is 33.6 Å². The molecule has 2 heterocycles. The topological polar surface area (TPSA) is 66.3 Å². The second-order valence-electron chi connectivity index (χ2n) is 4.10. The lowest BCUT2D eigenvalue weighted by atomic mass is 10.2. The highest BCUT2D eigenvalue weighted by molar-refractivity contribution is 5.78. The first-order chi connectivity index (χ1) is 7.58. The summed E-state index contributed by atoms with van der Waals surface area (Å²) in [5.74, 6) is 0.646. The molecule has 86 valence electrons. The molecule has 0 unspecified atom stereocenters. The maximum Gasteiger partial charge on any atom is 0.326 e. The van der Waals surface area contributed by atoms with E-state index in [4.69, 9.17) is 5.11 Å². The molecule has 0 aliphatic carbocycles. The summed E-state index contributed by atoms with van der Waals surface area (Å²) >= 11 is 0. The molecule has 0 spiro atoms. The zero-order chi connectivity index (χ0) is 11.7. The van der Waals surface area contributed by atoms with Crippen LogP contribution in [0.25, 0.3) is 0 Å². The molecule has 1 aliphatic rings. The molecular formula is C11H15N3O2. The van der Waals surface area contributed by atoms with Crippen LogP contribution in [0.1, 0.15) is 24.4 Å². The van der Waals surface area contributed by atoms with E-state index in [1.54, 1.807) is 0 Å². The molecule has 2 rings (SSSR count). The lowest BCUT2D eigenvalue weighted by Gasteiger charge is -2.22. The van der Waals surface area contributed by atoms with Gasteiger partial charge >= 0.3 is 5.97 Å². The minimum absolute atomic E-state index is 0.436. The molecule has 1 saturated heterocycles. The average Bonchev–Trinajstić information content (AvgIpc) is 2.63. The predicted molar refractivity (Wildman–Crippen MR) is 59.5 cm³/mol. The van der Waals surface area contributed by atoms with Crippen LogP contribution in [0, 0.1) is 13.8 Å². The van der Waals surface area contributed by atoms with E-state index in [1.165, 1.54) is 0 Å². The van der Waals surface area contributed by atoms with Crippen molar-refractivity contribution in [3.05, 3.63) is 17.6 Å². The van der Waals surface area contributed by atoms with Crippen LogP contribution >= 0.6 is 0 Å². The summed E-state index contributed by atoms with van der Waals surface area (Å²) < 4.78 is 0. The van der Waals surface area contributed by atoms with Crippen molar-refractivity contribution in [2.24, 2.45) is 0 Å². The maximum absolute atomic E-state index is 11.1. The van der Waals surface area contributed by atoms with Gasteiger partial charge in [0.05, 0.1) is 0 Å². The number of nitrogens with zero attached hydrogens (tertiary/aromatic N) is 3. The summed E-state index contributed by atoms with van der Waals surface area (Å²) in [5, 5.41) is 9.10. The molecular weight excluding hydrogens is 206 g/mol. The van der Waals surface area contributed by atoms with Gasteiger partial charge in [-0.05, 0) is 26.7 Å². The van der Waals surface area contributed by atoms with E-state index in [9.17, 15) is 4.79 Å². The second kappa shape index (κ2) is 4.08. The van der Waals surface area contributed by atoms with E-state index in [2.05, 4.69) is 9.97 Å². The Morgan fingerprint density at radius 2 is 2.25 bits per heavy atom. The molecule has 1 aromatic heterocycles. The monoisotopic (exact) mass is 221 g/mol. The number of aliphatic carboxylic acids is 1. The number of anilines is 1. The van der Waals surface area contributed by atoms with E-state index in [-0.39, 0.29) is 0 Å². The summed E-state index contributed by atoms with van der Waals surface area (Å²) in [6.45, 7) is 4.47. The van der Waals surface area contributed by atoms with Gasteiger partial charge in [0, 0.05) is 18.3 Å². The molecule has 1 fully saturated rings. The molecule has 0 saturated carbocycles. The van der Waals surface area contributed by atoms with Crippen molar-refractivity contribution in [3.8, 4) is 0 Å². The fourth-order valence-electron chi connectivity index (χ4n) is 2.14. The summed E-state index contributed by atoms with van der Waals surface area (Å²) in [5.41, 5.74) is 0.874. The van der Waals surface area contributed by atoms with E-state index in [0.717, 1.165) is 24.5 Å². The van der Waals surface area contributed by atoms with Gasteiger partial charge in [0.25, 0.3) is 0 Å². The highest BCUT2D eigenvalue weighted by Gasteiger charge is 2.31. The maximum atomic E-state index is 11.1. The highest BCUT2D eigenvalue weighted by atomic mass is 16.4. The number of aryl methyl sites for hydroxylation is 2. The van der Waals surface area contributed by atoms with Crippen molar-refractivity contribution in [1.82, 2.24) is 9.97 Å². The zero-order valence-corrected chi connectivity index (χ0v) is 9.47. The quantitative estimate of drug-likeness (QED) is 0.811. The van der Waals surface area contributed by atoms with Crippen LogP contribution in [0.3, 0.4) is 0 Å². The molecule has 5 nitrogen and oxygen atoms in total. The van der Waals surface area contributed by atoms with Gasteiger partial charge in [-0.2, -0.15) is 0 Å². The third kappa shape index (κ3) is 1.98. The first-order valence-corrected chi connectivity index (χ1v) is 5.39. The molecule has 0 bridgehead atoms. The SMILES string of the molecule is Cc1cc(N2CCC[C@H]2C(=O)O)nc(C)n1. The fraction of sp³-hybridized carbons (Fsp3) is 0.545. The number of hydrogen-bond acceptors (Lipinski definition) is 4. The van der Waals surface area contributed by atoms with Crippen LogP contribution in [0.5, 0.6) is 0 Å². The zero-order valence-electron chi connectivity index (χ0n) is 9.47. The molecule has 16 heavy (non-hydrogen) atoms. The van der Waals surface area contributed by atoms with Crippen molar-refractivity contribution in [3.63, 3.8) is 0 Å². The van der Waals surface area contributed by atoms with Crippen LogP contribution in [0.4, 0.5) is 5.82 Å². The van der Waals surface area contributed by atoms with Gasteiger partial charge in [0.1, 0.15) is 17.7 Å². The number of carbonyl (C=O) groups is 1. The van der Waals surface area contributed by atoms with Crippen LogP contribution in [0.15, 0.2) is 6.07 Å². The Bertz CT molecular complexity index is 399. The lowest BCUT2D eigenvalue weighted by Crippen LogP contribution is -2.36. The Labute approximate surface area is 94.1 Å². The Morgan fingerprint density at radius 3 is 2.88 bits per heavy atom. The van der Waals surface area contributed by atoms with Crippen LogP contribution in [0.2, 0.25) is 0 Å². The third-order valence-corrected chi connectivity index (χ3v) is 2.78. The van der Waals surface area contributed by atoms with Crippen molar-refractivity contribution < 1.29 is 9.90 Å². The van der Waals surface area contributed by atoms with Crippen LogP contribution < -0.4 is 4.90 Å². The number of carboxylic acids is 1. The van der Waals surface area contributed by atoms with Gasteiger partial charge in [0.2, 0.25) is 0 Å². The Kier molecular flexibility index (Phi) is 2.77. The van der Waals surface area contributed by atoms with E-state index < -0.39 is 12.0 Å². The van der Waals surface area contributed by atoms with Gasteiger partial charge in [-0.3, -0.25) is 0 Å². The summed E-state index contributed by atoms with van der Waals surface area (Å²) in [7, 11) is 0. The standard InChI is InChI=1S/C11H15N3O2/c1-7-6-10(13-8(2)12-7)14-5-3-4-9(14)11(15)16/h6,9H,3-5H2,1-2H3,(H,15,16)/t9-/m0/s1. The van der Waals surface area contributed by atoms with Crippen molar-refractivity contribution in [2.75, 3.05) is 11.4 Å². The number of rotatable bonds is 2. The normalized spacial score (nSPS) is 20.1. The van der Waals surface area contributed by atoms with Gasteiger partial charge < -0.3 is 10.0 Å². The molecule has 1 aliphatic heterocycles. The predicted octanol–water partition coefficient (Wildman–Crippen LogP) is 1.15. The van der Waals surface area contributed by atoms with Gasteiger partial charge in [-0.15, -0.1) is 0 Å². The molecule has 0 amide bonds. The Balaban J connectivity index is 2.32. The summed E-state index contributed by atoms with van der Waals surface area (Å²) in [6, 6.07) is 1.41.